The summed E-state index contributed by atoms with van der Waals surface area (Å²) in [5, 5.41) is 0. The summed E-state index contributed by atoms with van der Waals surface area (Å²) < 4.78 is 0. The van der Waals surface area contributed by atoms with E-state index in [9.17, 15) is 0 Å². The van der Waals surface area contributed by atoms with Crippen LogP contribution in [0.4, 0.5) is 0 Å². The van der Waals surface area contributed by atoms with E-state index in [4.69, 9.17) is 0 Å². The molecule has 0 bridgehead atoms. The van der Waals surface area contributed by atoms with Gasteiger partial charge < -0.3 is 0 Å². The number of likely N-dealkylation sites (tertiary alicyclic amines) is 1. The normalized spacial score (nSPS) is 48.6. The van der Waals surface area contributed by atoms with Crippen LogP contribution in [0, 0.1) is 0 Å². The number of allylic oxidation sites excluding steroid dienone is 1. The van der Waals surface area contributed by atoms with Gasteiger partial charge in [0.2, 0.25) is 0 Å². The van der Waals surface area contributed by atoms with Gasteiger partial charge in [-0.05, 0) is 32.1 Å². The van der Waals surface area contributed by atoms with Crippen LogP contribution in [-0.4, -0.2) is 23.0 Å². The SMILES string of the molecule is C1=CC(N2C3CCCCC32)CCC1. The molecule has 1 saturated heterocycles. The molecule has 0 aromatic heterocycles. The zero-order valence-corrected chi connectivity index (χ0v) is 8.28. The first-order valence-electron chi connectivity index (χ1n) is 5.91. The monoisotopic (exact) mass is 177 g/mol. The second-order valence-corrected chi connectivity index (χ2v) is 4.79. The van der Waals surface area contributed by atoms with Crippen molar-refractivity contribution in [3.05, 3.63) is 12.2 Å². The smallest absolute Gasteiger partial charge is 0.0285 e. The summed E-state index contributed by atoms with van der Waals surface area (Å²) in [6.45, 7) is 0. The maximum absolute atomic E-state index is 2.78. The van der Waals surface area contributed by atoms with Crippen LogP contribution in [0.1, 0.15) is 44.9 Å². The lowest BCUT2D eigenvalue weighted by molar-refractivity contribution is 0.370. The lowest BCUT2D eigenvalue weighted by atomic mass is 10.0. The minimum Gasteiger partial charge on any atom is -0.288 e. The van der Waals surface area contributed by atoms with Gasteiger partial charge in [-0.1, -0.05) is 25.0 Å². The molecule has 1 nitrogen and oxygen atoms in total. The third-order valence-electron chi connectivity index (χ3n) is 3.98. The van der Waals surface area contributed by atoms with E-state index in [2.05, 4.69) is 17.1 Å². The highest BCUT2D eigenvalue weighted by atomic mass is 15.4. The van der Waals surface area contributed by atoms with E-state index in [1.807, 2.05) is 0 Å². The number of hydrogen-bond donors (Lipinski definition) is 0. The van der Waals surface area contributed by atoms with E-state index in [1.165, 1.54) is 44.9 Å². The molecule has 1 heterocycles. The molecule has 0 N–H and O–H groups in total. The zero-order chi connectivity index (χ0) is 8.67. The van der Waals surface area contributed by atoms with Gasteiger partial charge in [-0.25, -0.2) is 0 Å². The Morgan fingerprint density at radius 2 is 1.69 bits per heavy atom. The second-order valence-electron chi connectivity index (χ2n) is 4.79. The fourth-order valence-electron chi connectivity index (χ4n) is 3.28. The molecule has 0 spiro atoms. The van der Waals surface area contributed by atoms with Gasteiger partial charge in [0, 0.05) is 18.1 Å². The van der Waals surface area contributed by atoms with Gasteiger partial charge in [-0.2, -0.15) is 0 Å². The Bertz CT molecular complexity index is 209. The summed E-state index contributed by atoms with van der Waals surface area (Å²) in [6, 6.07) is 2.80. The lowest BCUT2D eigenvalue weighted by Crippen LogP contribution is -2.20. The minimum absolute atomic E-state index is 0.821. The van der Waals surface area contributed by atoms with Crippen LogP contribution in [0.15, 0.2) is 12.2 Å². The van der Waals surface area contributed by atoms with Crippen molar-refractivity contribution in [1.29, 1.82) is 0 Å². The quantitative estimate of drug-likeness (QED) is 0.439. The van der Waals surface area contributed by atoms with E-state index in [1.54, 1.807) is 0 Å². The summed E-state index contributed by atoms with van der Waals surface area (Å²) in [7, 11) is 0. The predicted octanol–water partition coefficient (Wildman–Crippen LogP) is 2.72. The van der Waals surface area contributed by atoms with E-state index >= 15 is 0 Å². The largest absolute Gasteiger partial charge is 0.288 e. The Balaban J connectivity index is 1.66. The van der Waals surface area contributed by atoms with Crippen LogP contribution in [0.2, 0.25) is 0 Å². The van der Waals surface area contributed by atoms with Crippen molar-refractivity contribution in [3.63, 3.8) is 0 Å². The molecule has 1 heteroatoms. The highest BCUT2D eigenvalue weighted by Gasteiger charge is 2.50. The van der Waals surface area contributed by atoms with Gasteiger partial charge in [-0.15, -0.1) is 0 Å². The highest BCUT2D eigenvalue weighted by Crippen LogP contribution is 2.43. The van der Waals surface area contributed by atoms with Crippen molar-refractivity contribution in [2.45, 2.75) is 63.1 Å². The predicted molar refractivity (Wildman–Crippen MR) is 54.7 cm³/mol. The first-order chi connectivity index (χ1) is 6.47. The summed E-state index contributed by atoms with van der Waals surface area (Å²) in [4.78, 5) is 2.78. The van der Waals surface area contributed by atoms with Crippen molar-refractivity contribution >= 4 is 0 Å². The Labute approximate surface area is 80.8 Å². The Morgan fingerprint density at radius 3 is 2.31 bits per heavy atom. The van der Waals surface area contributed by atoms with Crippen molar-refractivity contribution in [1.82, 2.24) is 4.90 Å². The Morgan fingerprint density at radius 1 is 0.923 bits per heavy atom. The average Bonchev–Trinajstić information content (AvgIpc) is 2.93. The van der Waals surface area contributed by atoms with Gasteiger partial charge in [0.1, 0.15) is 0 Å². The number of fused-ring (bicyclic) bond motifs is 1. The van der Waals surface area contributed by atoms with Crippen molar-refractivity contribution < 1.29 is 0 Å². The van der Waals surface area contributed by atoms with Gasteiger partial charge in [0.15, 0.2) is 0 Å². The fraction of sp³-hybridized carbons (Fsp3) is 0.833. The van der Waals surface area contributed by atoms with Crippen molar-refractivity contribution in [2.24, 2.45) is 0 Å². The molecule has 2 aliphatic carbocycles. The van der Waals surface area contributed by atoms with Crippen LogP contribution in [0.25, 0.3) is 0 Å². The van der Waals surface area contributed by atoms with Gasteiger partial charge >= 0.3 is 0 Å². The van der Waals surface area contributed by atoms with Crippen molar-refractivity contribution in [2.75, 3.05) is 0 Å². The summed E-state index contributed by atoms with van der Waals surface area (Å²) in [5.41, 5.74) is 0. The third kappa shape index (κ3) is 1.34. The molecule has 0 amide bonds. The first kappa shape index (κ1) is 8.05. The van der Waals surface area contributed by atoms with Crippen LogP contribution in [0.3, 0.4) is 0 Å². The minimum atomic E-state index is 0.821. The molecular formula is C12H19N. The zero-order valence-electron chi connectivity index (χ0n) is 8.28. The molecule has 2 fully saturated rings. The van der Waals surface area contributed by atoms with Gasteiger partial charge in [0.25, 0.3) is 0 Å². The third-order valence-corrected chi connectivity index (χ3v) is 3.98. The molecule has 0 aromatic carbocycles. The molecule has 3 aliphatic rings. The standard InChI is InChI=1S/C12H19N/c1-2-6-10(7-3-1)13-11-8-4-5-9-12(11)13/h2,6,10-12H,1,3-5,7-9H2. The van der Waals surface area contributed by atoms with E-state index in [0.717, 1.165) is 18.1 Å². The maximum Gasteiger partial charge on any atom is 0.0285 e. The molecule has 3 unspecified atom stereocenters. The molecular weight excluding hydrogens is 158 g/mol. The number of hydrogen-bond acceptors (Lipinski definition) is 1. The van der Waals surface area contributed by atoms with Gasteiger partial charge in [0.05, 0.1) is 0 Å². The number of nitrogens with zero attached hydrogens (tertiary/aromatic N) is 1. The first-order valence-corrected chi connectivity index (χ1v) is 5.91. The molecule has 72 valence electrons. The van der Waals surface area contributed by atoms with E-state index in [0.29, 0.717) is 0 Å². The van der Waals surface area contributed by atoms with Crippen LogP contribution >= 0.6 is 0 Å². The molecule has 3 atom stereocenters. The summed E-state index contributed by atoms with van der Waals surface area (Å²) in [5.74, 6) is 0. The molecule has 1 saturated carbocycles. The number of rotatable bonds is 1. The molecule has 13 heavy (non-hydrogen) atoms. The lowest BCUT2D eigenvalue weighted by Gasteiger charge is -2.18. The highest BCUT2D eigenvalue weighted by molar-refractivity contribution is 5.13. The second kappa shape index (κ2) is 3.13. The van der Waals surface area contributed by atoms with Crippen LogP contribution in [-0.2, 0) is 0 Å². The van der Waals surface area contributed by atoms with Crippen LogP contribution in [0.5, 0.6) is 0 Å². The summed E-state index contributed by atoms with van der Waals surface area (Å²) in [6.07, 6.45) is 14.9. The molecule has 1 aliphatic heterocycles. The topological polar surface area (TPSA) is 3.01 Å². The maximum atomic E-state index is 2.78. The van der Waals surface area contributed by atoms with Crippen LogP contribution < -0.4 is 0 Å². The van der Waals surface area contributed by atoms with Gasteiger partial charge in [-0.3, -0.25) is 4.90 Å². The van der Waals surface area contributed by atoms with E-state index < -0.39 is 0 Å². The Kier molecular flexibility index (Phi) is 1.93. The summed E-state index contributed by atoms with van der Waals surface area (Å²) >= 11 is 0. The Hall–Kier alpha value is -0.300. The fourth-order valence-corrected chi connectivity index (χ4v) is 3.28. The molecule has 0 aromatic rings. The molecule has 3 rings (SSSR count). The van der Waals surface area contributed by atoms with Crippen molar-refractivity contribution in [3.8, 4) is 0 Å². The van der Waals surface area contributed by atoms with E-state index in [-0.39, 0.29) is 0 Å². The molecule has 0 radical (unpaired) electrons. The average molecular weight is 177 g/mol.